The van der Waals surface area contributed by atoms with Crippen molar-refractivity contribution in [2.75, 3.05) is 32.1 Å². The van der Waals surface area contributed by atoms with E-state index in [-0.39, 0.29) is 34.2 Å². The minimum atomic E-state index is -4.43. The van der Waals surface area contributed by atoms with E-state index >= 15 is 0 Å². The average Bonchev–Trinajstić information content (AvgIpc) is 2.94. The maximum atomic E-state index is 14.5. The van der Waals surface area contributed by atoms with Gasteiger partial charge in [-0.2, -0.15) is 0 Å². The molecular weight excluding hydrogens is 532 g/mol. The molecule has 0 aromatic heterocycles. The first-order chi connectivity index (χ1) is 18.5. The van der Waals surface area contributed by atoms with E-state index in [0.29, 0.717) is 0 Å². The van der Waals surface area contributed by atoms with Gasteiger partial charge in [0.25, 0.3) is 10.0 Å². The van der Waals surface area contributed by atoms with Gasteiger partial charge >= 0.3 is 0 Å². The molecule has 3 aromatic rings. The number of nitrogens with zero attached hydrogens (tertiary/aromatic N) is 2. The van der Waals surface area contributed by atoms with E-state index in [1.807, 2.05) is 0 Å². The highest BCUT2D eigenvalue weighted by molar-refractivity contribution is 7.92. The second kappa shape index (κ2) is 12.6. The van der Waals surface area contributed by atoms with Gasteiger partial charge in [0.2, 0.25) is 11.8 Å². The van der Waals surface area contributed by atoms with Crippen molar-refractivity contribution in [3.05, 3.63) is 83.9 Å². The van der Waals surface area contributed by atoms with E-state index in [1.165, 1.54) is 76.7 Å². The number of sulfonamides is 1. The molecule has 0 bridgehead atoms. The Labute approximate surface area is 226 Å². The fourth-order valence-corrected chi connectivity index (χ4v) is 5.27. The van der Waals surface area contributed by atoms with Crippen molar-refractivity contribution >= 4 is 27.5 Å². The van der Waals surface area contributed by atoms with Crippen molar-refractivity contribution in [1.29, 1.82) is 0 Å². The number of methoxy groups -OCH3 is 2. The first kappa shape index (κ1) is 29.4. The topological polar surface area (TPSA) is 105 Å². The van der Waals surface area contributed by atoms with Gasteiger partial charge in [-0.1, -0.05) is 18.2 Å². The molecule has 3 rings (SSSR count). The van der Waals surface area contributed by atoms with Crippen LogP contribution in [0.3, 0.4) is 0 Å². The summed E-state index contributed by atoms with van der Waals surface area (Å²) >= 11 is 0. The number of hydrogen-bond acceptors (Lipinski definition) is 6. The van der Waals surface area contributed by atoms with Crippen LogP contribution in [-0.4, -0.2) is 59.0 Å². The Balaban J connectivity index is 2.08. The van der Waals surface area contributed by atoms with Crippen LogP contribution in [0.4, 0.5) is 14.5 Å². The molecule has 2 amide bonds. The van der Waals surface area contributed by atoms with Crippen molar-refractivity contribution in [3.63, 3.8) is 0 Å². The normalized spacial score (nSPS) is 11.8. The lowest BCUT2D eigenvalue weighted by atomic mass is 10.1. The Morgan fingerprint density at radius 3 is 2.18 bits per heavy atom. The standard InChI is InChI=1S/C27H29F2N3O6S/c1-18(27(34)30-2)31(16-19-7-5-6-8-23(19)29)26(33)17-32(21-11-9-20(28)10-12-21)39(35,36)22-13-14-24(37-3)25(15-22)38-4/h5-15,18H,16-17H2,1-4H3,(H,30,34). The highest BCUT2D eigenvalue weighted by Crippen LogP contribution is 2.32. The van der Waals surface area contributed by atoms with E-state index in [1.54, 1.807) is 6.07 Å². The van der Waals surface area contributed by atoms with Gasteiger partial charge in [-0.15, -0.1) is 0 Å². The van der Waals surface area contributed by atoms with Gasteiger partial charge in [0, 0.05) is 25.2 Å². The molecule has 0 aliphatic rings. The summed E-state index contributed by atoms with van der Waals surface area (Å²) in [4.78, 5) is 27.0. The van der Waals surface area contributed by atoms with E-state index < -0.39 is 46.1 Å². The molecule has 3 aromatic carbocycles. The number of halogens is 2. The molecule has 208 valence electrons. The Morgan fingerprint density at radius 2 is 1.59 bits per heavy atom. The summed E-state index contributed by atoms with van der Waals surface area (Å²) in [6.45, 7) is 0.383. The molecule has 12 heteroatoms. The van der Waals surface area contributed by atoms with Crippen LogP contribution in [0.25, 0.3) is 0 Å². The van der Waals surface area contributed by atoms with Gasteiger partial charge in [0.1, 0.15) is 24.2 Å². The molecule has 0 saturated heterocycles. The molecule has 1 unspecified atom stereocenters. The summed E-state index contributed by atoms with van der Waals surface area (Å²) in [5, 5.41) is 2.45. The van der Waals surface area contributed by atoms with Crippen LogP contribution >= 0.6 is 0 Å². The van der Waals surface area contributed by atoms with Gasteiger partial charge < -0.3 is 19.7 Å². The van der Waals surface area contributed by atoms with E-state index in [0.717, 1.165) is 21.3 Å². The fraction of sp³-hybridized carbons (Fsp3) is 0.259. The average molecular weight is 562 g/mol. The third kappa shape index (κ3) is 6.63. The van der Waals surface area contributed by atoms with Crippen LogP contribution < -0.4 is 19.1 Å². The minimum absolute atomic E-state index is 0.00188. The zero-order chi connectivity index (χ0) is 28.7. The van der Waals surface area contributed by atoms with Gasteiger partial charge in [-0.25, -0.2) is 17.2 Å². The number of amides is 2. The molecule has 9 nitrogen and oxygen atoms in total. The number of carbonyl (C=O) groups is 2. The monoisotopic (exact) mass is 561 g/mol. The van der Waals surface area contributed by atoms with Crippen LogP contribution in [0, 0.1) is 11.6 Å². The van der Waals surface area contributed by atoms with Crippen LogP contribution in [0.15, 0.2) is 71.6 Å². The molecule has 0 aliphatic carbocycles. The molecule has 0 radical (unpaired) electrons. The van der Waals surface area contributed by atoms with Gasteiger partial charge in [-0.05, 0) is 49.4 Å². The minimum Gasteiger partial charge on any atom is -0.493 e. The maximum Gasteiger partial charge on any atom is 0.264 e. The summed E-state index contributed by atoms with van der Waals surface area (Å²) in [5.41, 5.74) is 0.135. The van der Waals surface area contributed by atoms with Gasteiger partial charge in [-0.3, -0.25) is 13.9 Å². The summed E-state index contributed by atoms with van der Waals surface area (Å²) in [7, 11) is -0.307. The van der Waals surface area contributed by atoms with E-state index in [9.17, 15) is 26.8 Å². The highest BCUT2D eigenvalue weighted by atomic mass is 32.2. The van der Waals surface area contributed by atoms with Crippen LogP contribution in [0.2, 0.25) is 0 Å². The van der Waals surface area contributed by atoms with Crippen molar-refractivity contribution in [3.8, 4) is 11.5 Å². The molecule has 0 saturated carbocycles. The number of nitrogens with one attached hydrogen (secondary N) is 1. The summed E-state index contributed by atoms with van der Waals surface area (Å²) < 4.78 is 67.1. The Bertz CT molecular complexity index is 1430. The fourth-order valence-electron chi connectivity index (χ4n) is 3.84. The van der Waals surface area contributed by atoms with Gasteiger partial charge in [0.05, 0.1) is 24.8 Å². The first-order valence-electron chi connectivity index (χ1n) is 11.8. The number of carbonyl (C=O) groups excluding carboxylic acids is 2. The number of rotatable bonds is 11. The number of anilines is 1. The second-order valence-corrected chi connectivity index (χ2v) is 10.3. The largest absolute Gasteiger partial charge is 0.493 e. The third-order valence-electron chi connectivity index (χ3n) is 6.05. The van der Waals surface area contributed by atoms with Crippen molar-refractivity contribution in [2.45, 2.75) is 24.4 Å². The Kier molecular flexibility index (Phi) is 9.47. The predicted octanol–water partition coefficient (Wildman–Crippen LogP) is 3.34. The SMILES string of the molecule is CNC(=O)C(C)N(Cc1ccccc1F)C(=O)CN(c1ccc(F)cc1)S(=O)(=O)c1ccc(OC)c(OC)c1. The van der Waals surface area contributed by atoms with E-state index in [4.69, 9.17) is 9.47 Å². The molecule has 0 spiro atoms. The van der Waals surface area contributed by atoms with Crippen molar-refractivity contribution in [2.24, 2.45) is 0 Å². The molecule has 0 fully saturated rings. The molecule has 1 atom stereocenters. The Hall–Kier alpha value is -4.19. The van der Waals surface area contributed by atoms with Crippen LogP contribution in [0.1, 0.15) is 12.5 Å². The quantitative estimate of drug-likeness (QED) is 0.385. The molecule has 0 heterocycles. The van der Waals surface area contributed by atoms with Crippen LogP contribution in [0.5, 0.6) is 11.5 Å². The highest BCUT2D eigenvalue weighted by Gasteiger charge is 2.33. The number of hydrogen-bond donors (Lipinski definition) is 1. The molecule has 0 aliphatic heterocycles. The number of likely N-dealkylation sites (N-methyl/N-ethyl adjacent to an activating group) is 1. The lowest BCUT2D eigenvalue weighted by molar-refractivity contribution is -0.139. The first-order valence-corrected chi connectivity index (χ1v) is 13.2. The third-order valence-corrected chi connectivity index (χ3v) is 7.82. The zero-order valence-electron chi connectivity index (χ0n) is 21.9. The van der Waals surface area contributed by atoms with Gasteiger partial charge in [0.15, 0.2) is 11.5 Å². The zero-order valence-corrected chi connectivity index (χ0v) is 22.7. The van der Waals surface area contributed by atoms with E-state index in [2.05, 4.69) is 5.32 Å². The number of benzene rings is 3. The maximum absolute atomic E-state index is 14.5. The lowest BCUT2D eigenvalue weighted by Gasteiger charge is -2.32. The van der Waals surface area contributed by atoms with Crippen molar-refractivity contribution in [1.82, 2.24) is 10.2 Å². The summed E-state index contributed by atoms with van der Waals surface area (Å²) in [5.74, 6) is -2.09. The smallest absolute Gasteiger partial charge is 0.264 e. The van der Waals surface area contributed by atoms with Crippen molar-refractivity contribution < 1.29 is 36.3 Å². The van der Waals surface area contributed by atoms with Crippen LogP contribution in [-0.2, 0) is 26.2 Å². The number of ether oxygens (including phenoxy) is 2. The molecular formula is C27H29F2N3O6S. The Morgan fingerprint density at radius 1 is 0.949 bits per heavy atom. The summed E-state index contributed by atoms with van der Waals surface area (Å²) in [6.07, 6.45) is 0. The predicted molar refractivity (Wildman–Crippen MR) is 141 cm³/mol. The second-order valence-electron chi connectivity index (χ2n) is 8.41. The summed E-state index contributed by atoms with van der Waals surface area (Å²) in [6, 6.07) is 13.1. The lowest BCUT2D eigenvalue weighted by Crippen LogP contribution is -2.50. The molecule has 39 heavy (non-hydrogen) atoms. The molecule has 1 N–H and O–H groups in total.